The molecule has 0 unspecified atom stereocenters. The maximum atomic E-state index is 11.7. The number of ether oxygens (including phenoxy) is 1. The Morgan fingerprint density at radius 2 is 2.18 bits per heavy atom. The third-order valence-electron chi connectivity index (χ3n) is 2.05. The van der Waals surface area contributed by atoms with Gasteiger partial charge in [0.15, 0.2) is 4.88 Å². The van der Waals surface area contributed by atoms with E-state index < -0.39 is 5.97 Å². The molecule has 0 bridgehead atoms. The van der Waals surface area contributed by atoms with Crippen LogP contribution >= 0.6 is 11.5 Å². The van der Waals surface area contributed by atoms with Crippen LogP contribution in [-0.2, 0) is 4.74 Å². The summed E-state index contributed by atoms with van der Waals surface area (Å²) in [6, 6.07) is 9.42. The number of hydrogen-bond donors (Lipinski definition) is 0. The van der Waals surface area contributed by atoms with Gasteiger partial charge in [0.2, 0.25) is 0 Å². The molecule has 4 nitrogen and oxygen atoms in total. The minimum absolute atomic E-state index is 0.185. The molecule has 5 heteroatoms. The summed E-state index contributed by atoms with van der Waals surface area (Å²) in [6.45, 7) is 3.67. The van der Waals surface area contributed by atoms with Crippen molar-refractivity contribution in [1.82, 2.24) is 9.59 Å². The largest absolute Gasteiger partial charge is 0.457 e. The van der Waals surface area contributed by atoms with E-state index in [-0.39, 0.29) is 6.61 Å². The molecule has 0 atom stereocenters. The van der Waals surface area contributed by atoms with Crippen molar-refractivity contribution < 1.29 is 9.53 Å². The highest BCUT2D eigenvalue weighted by atomic mass is 32.1. The van der Waals surface area contributed by atoms with Gasteiger partial charge in [-0.05, 0) is 11.5 Å². The highest BCUT2D eigenvalue weighted by Crippen LogP contribution is 2.24. The Labute approximate surface area is 103 Å². The molecule has 1 aromatic heterocycles. The van der Waals surface area contributed by atoms with Gasteiger partial charge in [-0.25, -0.2) is 4.79 Å². The number of benzene rings is 1. The minimum atomic E-state index is -0.418. The third-order valence-corrected chi connectivity index (χ3v) is 2.76. The van der Waals surface area contributed by atoms with Gasteiger partial charge in [0.1, 0.15) is 12.3 Å². The monoisotopic (exact) mass is 246 g/mol. The summed E-state index contributed by atoms with van der Waals surface area (Å²) in [5.41, 5.74) is 1.41. The van der Waals surface area contributed by atoms with Gasteiger partial charge in [-0.3, -0.25) is 0 Å². The summed E-state index contributed by atoms with van der Waals surface area (Å²) in [5.74, 6) is -0.418. The standard InChI is InChI=1S/C12H10N2O2S/c1-2-8-16-12(15)11-10(13-14-17-11)9-6-4-3-5-7-9/h2-7H,1,8H2. The highest BCUT2D eigenvalue weighted by molar-refractivity contribution is 7.08. The fraction of sp³-hybridized carbons (Fsp3) is 0.0833. The summed E-state index contributed by atoms with van der Waals surface area (Å²) in [7, 11) is 0. The summed E-state index contributed by atoms with van der Waals surface area (Å²) in [4.78, 5) is 12.1. The van der Waals surface area contributed by atoms with E-state index in [2.05, 4.69) is 16.2 Å². The Morgan fingerprint density at radius 3 is 2.88 bits per heavy atom. The van der Waals surface area contributed by atoms with Gasteiger partial charge in [0.05, 0.1) is 0 Å². The Kier molecular flexibility index (Phi) is 3.62. The number of carbonyl (C=O) groups excluding carboxylic acids is 1. The van der Waals surface area contributed by atoms with Gasteiger partial charge in [0, 0.05) is 5.56 Å². The number of hydrogen-bond acceptors (Lipinski definition) is 5. The lowest BCUT2D eigenvalue weighted by atomic mass is 10.1. The van der Waals surface area contributed by atoms with Crippen LogP contribution in [0.3, 0.4) is 0 Å². The molecule has 86 valence electrons. The molecule has 0 aliphatic heterocycles. The van der Waals surface area contributed by atoms with Crippen LogP contribution in [0.4, 0.5) is 0 Å². The van der Waals surface area contributed by atoms with Crippen molar-refractivity contribution in [3.8, 4) is 11.3 Å². The first-order valence-corrected chi connectivity index (χ1v) is 5.76. The smallest absolute Gasteiger partial charge is 0.352 e. The first-order chi connectivity index (χ1) is 8.33. The highest BCUT2D eigenvalue weighted by Gasteiger charge is 2.18. The Hall–Kier alpha value is -2.01. The molecule has 1 heterocycles. The van der Waals surface area contributed by atoms with Crippen LogP contribution in [0.5, 0.6) is 0 Å². The summed E-state index contributed by atoms with van der Waals surface area (Å²) >= 11 is 1.03. The van der Waals surface area contributed by atoms with E-state index in [1.54, 1.807) is 0 Å². The molecule has 0 amide bonds. The fourth-order valence-electron chi connectivity index (χ4n) is 1.31. The van der Waals surface area contributed by atoms with Crippen molar-refractivity contribution >= 4 is 17.5 Å². The number of esters is 1. The second-order valence-electron chi connectivity index (χ2n) is 3.20. The number of carbonyl (C=O) groups is 1. The maximum Gasteiger partial charge on any atom is 0.352 e. The molecule has 1 aromatic carbocycles. The van der Waals surface area contributed by atoms with Crippen molar-refractivity contribution in [3.05, 3.63) is 47.9 Å². The third kappa shape index (κ3) is 2.57. The lowest BCUT2D eigenvalue weighted by Gasteiger charge is -2.01. The van der Waals surface area contributed by atoms with Crippen molar-refractivity contribution in [2.75, 3.05) is 6.61 Å². The van der Waals surface area contributed by atoms with Gasteiger partial charge in [-0.2, -0.15) is 0 Å². The van der Waals surface area contributed by atoms with Crippen LogP contribution in [0.15, 0.2) is 43.0 Å². The van der Waals surface area contributed by atoms with E-state index in [9.17, 15) is 4.79 Å². The molecule has 2 rings (SSSR count). The van der Waals surface area contributed by atoms with E-state index in [0.29, 0.717) is 10.6 Å². The second kappa shape index (κ2) is 5.36. The van der Waals surface area contributed by atoms with Crippen molar-refractivity contribution in [3.63, 3.8) is 0 Å². The quantitative estimate of drug-likeness (QED) is 0.614. The van der Waals surface area contributed by atoms with E-state index in [0.717, 1.165) is 17.1 Å². The Balaban J connectivity index is 2.29. The second-order valence-corrected chi connectivity index (χ2v) is 3.96. The number of aromatic nitrogens is 2. The first-order valence-electron chi connectivity index (χ1n) is 4.98. The van der Waals surface area contributed by atoms with Crippen LogP contribution < -0.4 is 0 Å². The molecule has 17 heavy (non-hydrogen) atoms. The average Bonchev–Trinajstić information content (AvgIpc) is 2.86. The van der Waals surface area contributed by atoms with E-state index in [1.165, 1.54) is 6.08 Å². The van der Waals surface area contributed by atoms with Gasteiger partial charge >= 0.3 is 5.97 Å². The summed E-state index contributed by atoms with van der Waals surface area (Å²) in [5, 5.41) is 3.96. The van der Waals surface area contributed by atoms with Crippen LogP contribution in [0.2, 0.25) is 0 Å². The van der Waals surface area contributed by atoms with Gasteiger partial charge in [-0.1, -0.05) is 47.5 Å². The molecule has 0 aliphatic carbocycles. The van der Waals surface area contributed by atoms with Crippen molar-refractivity contribution in [1.29, 1.82) is 0 Å². The first kappa shape index (κ1) is 11.5. The molecule has 0 spiro atoms. The molecule has 0 aliphatic rings. The van der Waals surface area contributed by atoms with E-state index in [1.807, 2.05) is 30.3 Å². The average molecular weight is 246 g/mol. The SMILES string of the molecule is C=CCOC(=O)c1snnc1-c1ccccc1. The number of rotatable bonds is 4. The topological polar surface area (TPSA) is 52.1 Å². The summed E-state index contributed by atoms with van der Waals surface area (Å²) in [6.07, 6.45) is 1.52. The molecular formula is C12H10N2O2S. The lowest BCUT2D eigenvalue weighted by Crippen LogP contribution is -2.04. The molecule has 0 saturated heterocycles. The summed E-state index contributed by atoms with van der Waals surface area (Å²) < 4.78 is 8.76. The van der Waals surface area contributed by atoms with Crippen LogP contribution in [0, 0.1) is 0 Å². The zero-order valence-corrected chi connectivity index (χ0v) is 9.81. The maximum absolute atomic E-state index is 11.7. The Bertz CT molecular complexity index is 522. The molecule has 0 fully saturated rings. The van der Waals surface area contributed by atoms with Gasteiger partial charge < -0.3 is 4.74 Å². The normalized spacial score (nSPS) is 9.88. The fourth-order valence-corrected chi connectivity index (χ4v) is 1.89. The van der Waals surface area contributed by atoms with Crippen molar-refractivity contribution in [2.24, 2.45) is 0 Å². The van der Waals surface area contributed by atoms with Crippen molar-refractivity contribution in [2.45, 2.75) is 0 Å². The predicted molar refractivity (Wildman–Crippen MR) is 65.8 cm³/mol. The van der Waals surface area contributed by atoms with Gasteiger partial charge in [-0.15, -0.1) is 5.10 Å². The Morgan fingerprint density at radius 1 is 1.41 bits per heavy atom. The minimum Gasteiger partial charge on any atom is -0.457 e. The lowest BCUT2D eigenvalue weighted by molar-refractivity contribution is 0.0556. The van der Waals surface area contributed by atoms with Crippen LogP contribution in [0.25, 0.3) is 11.3 Å². The number of nitrogens with zero attached hydrogens (tertiary/aromatic N) is 2. The molecule has 2 aromatic rings. The van der Waals surface area contributed by atoms with Gasteiger partial charge in [0.25, 0.3) is 0 Å². The molecule has 0 radical (unpaired) electrons. The van der Waals surface area contributed by atoms with E-state index >= 15 is 0 Å². The zero-order valence-electron chi connectivity index (χ0n) is 9.00. The van der Waals surface area contributed by atoms with Crippen LogP contribution in [-0.4, -0.2) is 22.2 Å². The molecular weight excluding hydrogens is 236 g/mol. The van der Waals surface area contributed by atoms with Crippen LogP contribution in [0.1, 0.15) is 9.67 Å². The van der Waals surface area contributed by atoms with E-state index in [4.69, 9.17) is 4.74 Å². The molecule has 0 saturated carbocycles. The zero-order chi connectivity index (χ0) is 12.1. The predicted octanol–water partition coefficient (Wildman–Crippen LogP) is 2.55. The molecule has 0 N–H and O–H groups in total.